The molecule has 0 radical (unpaired) electrons. The molecule has 2 heterocycles. The molecule has 2 aliphatic heterocycles. The third kappa shape index (κ3) is 1.59. The number of β-lactam (4-membered cyclic amide) rings is 1. The second kappa shape index (κ2) is 4.32. The Morgan fingerprint density at radius 2 is 2.05 bits per heavy atom. The number of hydrogen-bond donors (Lipinski definition) is 2. The van der Waals surface area contributed by atoms with Gasteiger partial charge in [-0.3, -0.25) is 9.59 Å². The minimum atomic E-state index is -4.02. The molecule has 8 nitrogen and oxygen atoms in total. The first-order chi connectivity index (χ1) is 9.09. The molecule has 0 aromatic carbocycles. The molecule has 2 aliphatic rings. The highest BCUT2D eigenvalue weighted by Crippen LogP contribution is 2.50. The molecule has 0 spiro atoms. The second-order valence-corrected chi connectivity index (χ2v) is 7.92. The number of nitrogens with two attached hydrogens (primary N) is 1. The number of amides is 2. The predicted octanol–water partition coefficient (Wildman–Crippen LogP) is -1.47. The van der Waals surface area contributed by atoms with Crippen molar-refractivity contribution in [1.29, 1.82) is 0 Å². The lowest BCUT2D eigenvalue weighted by atomic mass is 9.89. The van der Waals surface area contributed by atoms with E-state index in [1.807, 2.05) is 0 Å². The summed E-state index contributed by atoms with van der Waals surface area (Å²) in [5, 5.41) is 7.87. The van der Waals surface area contributed by atoms with Crippen LogP contribution in [0.25, 0.3) is 0 Å². The van der Waals surface area contributed by atoms with E-state index in [1.54, 1.807) is 0 Å². The number of aliphatic carboxylic acids is 1. The maximum Gasteiger partial charge on any atom is 0.328 e. The smallest absolute Gasteiger partial charge is 0.328 e. The first kappa shape index (κ1) is 15.0. The highest BCUT2D eigenvalue weighted by atomic mass is 35.5. The van der Waals surface area contributed by atoms with Crippen LogP contribution in [0.15, 0.2) is 0 Å². The van der Waals surface area contributed by atoms with Gasteiger partial charge in [0, 0.05) is 12.3 Å². The van der Waals surface area contributed by atoms with Crippen LogP contribution in [0.2, 0.25) is 0 Å². The van der Waals surface area contributed by atoms with Crippen molar-refractivity contribution in [2.75, 3.05) is 5.88 Å². The first-order valence-electron chi connectivity index (χ1n) is 5.72. The van der Waals surface area contributed by atoms with Crippen molar-refractivity contribution < 1.29 is 27.9 Å². The van der Waals surface area contributed by atoms with Gasteiger partial charge < -0.3 is 15.7 Å². The maximum absolute atomic E-state index is 12.5. The lowest BCUT2D eigenvalue weighted by Gasteiger charge is -2.42. The number of halogens is 1. The molecule has 0 aromatic heterocycles. The number of hydrogen-bond acceptors (Lipinski definition) is 5. The largest absolute Gasteiger partial charge is 0.480 e. The summed E-state index contributed by atoms with van der Waals surface area (Å²) in [5.41, 5.74) is 4.98. The fourth-order valence-corrected chi connectivity index (χ4v) is 5.85. The molecule has 112 valence electrons. The number of carboxylic acids is 1. The minimum absolute atomic E-state index is 0.427. The number of fused-ring (bicyclic) bond motifs is 1. The van der Waals surface area contributed by atoms with Gasteiger partial charge in [0.2, 0.25) is 11.8 Å². The summed E-state index contributed by atoms with van der Waals surface area (Å²) in [6, 6.07) is -1.55. The van der Waals surface area contributed by atoms with Crippen molar-refractivity contribution in [3.8, 4) is 0 Å². The minimum Gasteiger partial charge on any atom is -0.480 e. The number of carboxylic acid groups (broad SMARTS) is 1. The zero-order valence-corrected chi connectivity index (χ0v) is 12.0. The van der Waals surface area contributed by atoms with Gasteiger partial charge in [-0.05, 0) is 6.92 Å². The standard InChI is InChI=1S/C10H13ClN2O6S/c1-10(3-11)6(9(16)17)13-7(15)4(2-5(12)14)8(13)20(10,18)19/h4,6,8H,2-3H2,1H3,(H2,12,14)(H,16,17)/t4-,6+,8-,10+/m1/s1. The summed E-state index contributed by atoms with van der Waals surface area (Å²) in [5.74, 6) is -4.53. The Bertz CT molecular complexity index is 605. The molecule has 0 bridgehead atoms. The fraction of sp³-hybridized carbons (Fsp3) is 0.700. The Morgan fingerprint density at radius 1 is 1.50 bits per heavy atom. The number of carbonyl (C=O) groups is 3. The molecule has 3 N–H and O–H groups in total. The van der Waals surface area contributed by atoms with Gasteiger partial charge in [-0.25, -0.2) is 13.2 Å². The summed E-state index contributed by atoms with van der Waals surface area (Å²) in [4.78, 5) is 34.9. The number of sulfone groups is 1. The lowest BCUT2D eigenvalue weighted by Crippen LogP contribution is -2.64. The van der Waals surface area contributed by atoms with E-state index in [-0.39, 0.29) is 0 Å². The van der Waals surface area contributed by atoms with Gasteiger partial charge in [-0.15, -0.1) is 11.6 Å². The van der Waals surface area contributed by atoms with E-state index in [1.165, 1.54) is 6.92 Å². The topological polar surface area (TPSA) is 135 Å². The molecule has 0 saturated carbocycles. The number of rotatable bonds is 4. The Balaban J connectivity index is 2.52. The molecular weight excluding hydrogens is 312 g/mol. The van der Waals surface area contributed by atoms with E-state index >= 15 is 0 Å². The van der Waals surface area contributed by atoms with Crippen LogP contribution in [-0.2, 0) is 24.2 Å². The van der Waals surface area contributed by atoms with Crippen LogP contribution in [0.1, 0.15) is 13.3 Å². The van der Waals surface area contributed by atoms with Crippen LogP contribution in [0.3, 0.4) is 0 Å². The molecule has 0 aromatic rings. The van der Waals surface area contributed by atoms with Crippen molar-refractivity contribution in [3.05, 3.63) is 0 Å². The number of nitrogens with zero attached hydrogens (tertiary/aromatic N) is 1. The highest BCUT2D eigenvalue weighted by molar-refractivity contribution is 7.94. The van der Waals surface area contributed by atoms with Crippen LogP contribution in [0.5, 0.6) is 0 Å². The summed E-state index contributed by atoms with van der Waals surface area (Å²) in [6.45, 7) is 1.20. The second-order valence-electron chi connectivity index (χ2n) is 5.15. The zero-order valence-electron chi connectivity index (χ0n) is 10.4. The Hall–Kier alpha value is -1.35. The van der Waals surface area contributed by atoms with Crippen LogP contribution >= 0.6 is 11.6 Å². The average Bonchev–Trinajstić information content (AvgIpc) is 2.50. The van der Waals surface area contributed by atoms with E-state index in [2.05, 4.69) is 0 Å². The average molecular weight is 325 g/mol. The molecule has 20 heavy (non-hydrogen) atoms. The summed E-state index contributed by atoms with van der Waals surface area (Å²) < 4.78 is 23.1. The molecule has 2 fully saturated rings. The van der Waals surface area contributed by atoms with Crippen molar-refractivity contribution in [2.45, 2.75) is 29.5 Å². The molecule has 2 saturated heterocycles. The first-order valence-corrected chi connectivity index (χ1v) is 7.80. The van der Waals surface area contributed by atoms with E-state index in [4.69, 9.17) is 17.3 Å². The van der Waals surface area contributed by atoms with E-state index in [0.717, 1.165) is 4.90 Å². The van der Waals surface area contributed by atoms with Crippen LogP contribution in [0.4, 0.5) is 0 Å². The molecule has 4 atom stereocenters. The van der Waals surface area contributed by atoms with Crippen LogP contribution < -0.4 is 5.73 Å². The van der Waals surface area contributed by atoms with Crippen LogP contribution in [0, 0.1) is 5.92 Å². The highest BCUT2D eigenvalue weighted by Gasteiger charge is 2.73. The van der Waals surface area contributed by atoms with Gasteiger partial charge in [0.1, 0.15) is 10.1 Å². The van der Waals surface area contributed by atoms with Gasteiger partial charge in [0.25, 0.3) is 0 Å². The SMILES string of the molecule is C[C@]1(CCl)[C@H](C(=O)O)N2C(=O)[C@@H](CC(N)=O)[C@H]2S1(=O)=O. The number of carbonyl (C=O) groups excluding carboxylic acids is 2. The normalized spacial score (nSPS) is 38.2. The van der Waals surface area contributed by atoms with Gasteiger partial charge in [-0.1, -0.05) is 0 Å². The third-order valence-electron chi connectivity index (χ3n) is 3.93. The van der Waals surface area contributed by atoms with E-state index in [9.17, 15) is 27.9 Å². The fourth-order valence-electron chi connectivity index (χ4n) is 2.85. The molecule has 2 amide bonds. The predicted molar refractivity (Wildman–Crippen MR) is 67.4 cm³/mol. The molecule has 2 rings (SSSR count). The summed E-state index contributed by atoms with van der Waals surface area (Å²) in [6.07, 6.45) is -0.427. The molecule has 0 unspecified atom stereocenters. The maximum atomic E-state index is 12.5. The van der Waals surface area contributed by atoms with E-state index < -0.39 is 62.0 Å². The van der Waals surface area contributed by atoms with Gasteiger partial charge in [-0.2, -0.15) is 0 Å². The number of primary amides is 1. The van der Waals surface area contributed by atoms with Gasteiger partial charge in [0.05, 0.1) is 5.92 Å². The molecular formula is C10H13ClN2O6S. The number of alkyl halides is 1. The zero-order chi connectivity index (χ0) is 15.5. The Kier molecular flexibility index (Phi) is 3.25. The monoisotopic (exact) mass is 324 g/mol. The molecule has 0 aliphatic carbocycles. The van der Waals surface area contributed by atoms with Gasteiger partial charge >= 0.3 is 5.97 Å². The third-order valence-corrected chi connectivity index (χ3v) is 7.51. The summed E-state index contributed by atoms with van der Waals surface area (Å²) in [7, 11) is -4.02. The van der Waals surface area contributed by atoms with E-state index in [0.29, 0.717) is 0 Å². The molecule has 10 heteroatoms. The van der Waals surface area contributed by atoms with Crippen LogP contribution in [-0.4, -0.2) is 58.3 Å². The Morgan fingerprint density at radius 3 is 2.45 bits per heavy atom. The van der Waals surface area contributed by atoms with Crippen molar-refractivity contribution in [2.24, 2.45) is 11.7 Å². The van der Waals surface area contributed by atoms with Gasteiger partial charge in [0.15, 0.2) is 15.9 Å². The quantitative estimate of drug-likeness (QED) is 0.478. The van der Waals surface area contributed by atoms with Crippen molar-refractivity contribution in [3.63, 3.8) is 0 Å². The lowest BCUT2D eigenvalue weighted by molar-refractivity contribution is -0.164. The van der Waals surface area contributed by atoms with Crippen molar-refractivity contribution in [1.82, 2.24) is 4.90 Å². The Labute approximate surface area is 119 Å². The van der Waals surface area contributed by atoms with Crippen molar-refractivity contribution >= 4 is 39.2 Å². The summed E-state index contributed by atoms with van der Waals surface area (Å²) >= 11 is 5.66.